The van der Waals surface area contributed by atoms with Crippen LogP contribution in [0.2, 0.25) is 0 Å². The van der Waals surface area contributed by atoms with Crippen molar-refractivity contribution in [1.82, 2.24) is 15.4 Å². The van der Waals surface area contributed by atoms with Gasteiger partial charge in [-0.05, 0) is 30.4 Å². The Hall–Kier alpha value is -2.21. The summed E-state index contributed by atoms with van der Waals surface area (Å²) in [5, 5.41) is 4.79. The number of nitrogens with one attached hydrogen (secondary N) is 1. The zero-order valence-electron chi connectivity index (χ0n) is 14.2. The molecule has 0 saturated carbocycles. The maximum absolute atomic E-state index is 11.9. The first-order valence-corrected chi connectivity index (χ1v) is 8.73. The van der Waals surface area contributed by atoms with Crippen molar-refractivity contribution in [1.29, 1.82) is 0 Å². The van der Waals surface area contributed by atoms with Gasteiger partial charge in [0.25, 0.3) is 5.91 Å². The van der Waals surface area contributed by atoms with Crippen LogP contribution in [0.15, 0.2) is 59.0 Å². The maximum atomic E-state index is 11.9. The number of amides is 1. The summed E-state index contributed by atoms with van der Waals surface area (Å²) < 4.78 is 0. The van der Waals surface area contributed by atoms with Gasteiger partial charge in [-0.1, -0.05) is 55.9 Å². The molecule has 0 saturated heterocycles. The van der Waals surface area contributed by atoms with Gasteiger partial charge in [-0.2, -0.15) is 5.10 Å². The molecule has 0 spiro atoms. The summed E-state index contributed by atoms with van der Waals surface area (Å²) in [6, 6.07) is 12.0. The molecule has 0 aliphatic rings. The Morgan fingerprint density at radius 2 is 1.83 bits per heavy atom. The van der Waals surface area contributed by atoms with Crippen molar-refractivity contribution >= 4 is 23.4 Å². The van der Waals surface area contributed by atoms with E-state index in [-0.39, 0.29) is 17.1 Å². The van der Waals surface area contributed by atoms with E-state index in [1.807, 2.05) is 25.1 Å². The van der Waals surface area contributed by atoms with E-state index in [0.717, 1.165) is 12.1 Å². The molecule has 2 aromatic rings. The van der Waals surface area contributed by atoms with Gasteiger partial charge < -0.3 is 0 Å². The molecule has 1 aromatic carbocycles. The predicted molar refractivity (Wildman–Crippen MR) is 98.1 cm³/mol. The minimum absolute atomic E-state index is 0.0355. The highest BCUT2D eigenvalue weighted by atomic mass is 32.2. The zero-order chi connectivity index (χ0) is 17.4. The van der Waals surface area contributed by atoms with Crippen LogP contribution in [0.3, 0.4) is 0 Å². The summed E-state index contributed by atoms with van der Waals surface area (Å²) in [6.07, 6.45) is 4.08. The van der Waals surface area contributed by atoms with Gasteiger partial charge in [-0.15, -0.1) is 0 Å². The molecule has 24 heavy (non-hydrogen) atoms. The van der Waals surface area contributed by atoms with Crippen LogP contribution in [0, 0.1) is 0 Å². The summed E-state index contributed by atoms with van der Waals surface area (Å²) >= 11 is 1.29. The normalized spacial score (nSPS) is 12.0. The standard InChI is InChI=1S/C18H22N4OS/c1-14(12-18(2,3)15-8-5-4-6-9-15)21-22-16(23)13-24-17-19-10-7-11-20-17/h4-11H,12-13H2,1-3H3,(H,22,23)/b21-14+. The van der Waals surface area contributed by atoms with Crippen LogP contribution in [0.4, 0.5) is 0 Å². The highest BCUT2D eigenvalue weighted by molar-refractivity contribution is 7.99. The van der Waals surface area contributed by atoms with Gasteiger partial charge in [0.15, 0.2) is 5.16 Å². The van der Waals surface area contributed by atoms with E-state index in [1.165, 1.54) is 17.3 Å². The molecule has 6 heteroatoms. The molecule has 0 radical (unpaired) electrons. The van der Waals surface area contributed by atoms with E-state index in [4.69, 9.17) is 0 Å². The molecule has 1 aromatic heterocycles. The average molecular weight is 342 g/mol. The molecule has 5 nitrogen and oxygen atoms in total. The lowest BCUT2D eigenvalue weighted by atomic mass is 9.80. The SMILES string of the molecule is C/C(CC(C)(C)c1ccccc1)=N\NC(=O)CSc1ncccn1. The third-order valence-electron chi connectivity index (χ3n) is 3.50. The van der Waals surface area contributed by atoms with Gasteiger partial charge >= 0.3 is 0 Å². The third kappa shape index (κ3) is 5.77. The van der Waals surface area contributed by atoms with E-state index in [1.54, 1.807) is 18.5 Å². The summed E-state index contributed by atoms with van der Waals surface area (Å²) in [5.74, 6) is 0.0763. The Kier molecular flexibility index (Phi) is 6.49. The second kappa shape index (κ2) is 8.59. The number of nitrogens with zero attached hydrogens (tertiary/aromatic N) is 3. The Labute approximate surface area is 147 Å². The number of benzene rings is 1. The lowest BCUT2D eigenvalue weighted by Crippen LogP contribution is -2.25. The Morgan fingerprint density at radius 3 is 2.50 bits per heavy atom. The average Bonchev–Trinajstić information content (AvgIpc) is 2.59. The predicted octanol–water partition coefficient (Wildman–Crippen LogP) is 3.43. The van der Waals surface area contributed by atoms with Crippen molar-refractivity contribution in [3.05, 3.63) is 54.4 Å². The van der Waals surface area contributed by atoms with Gasteiger partial charge in [-0.25, -0.2) is 15.4 Å². The van der Waals surface area contributed by atoms with Crippen molar-refractivity contribution in [2.45, 2.75) is 37.8 Å². The smallest absolute Gasteiger partial charge is 0.250 e. The fourth-order valence-corrected chi connectivity index (χ4v) is 2.95. The first kappa shape index (κ1) is 18.1. The first-order chi connectivity index (χ1) is 11.5. The molecular weight excluding hydrogens is 320 g/mol. The van der Waals surface area contributed by atoms with Crippen molar-refractivity contribution in [2.24, 2.45) is 5.10 Å². The highest BCUT2D eigenvalue weighted by Crippen LogP contribution is 2.27. The van der Waals surface area contributed by atoms with Crippen LogP contribution in [-0.4, -0.2) is 27.3 Å². The molecule has 0 atom stereocenters. The van der Waals surface area contributed by atoms with Crippen LogP contribution < -0.4 is 5.43 Å². The van der Waals surface area contributed by atoms with Crippen molar-refractivity contribution in [3.8, 4) is 0 Å². The zero-order valence-corrected chi connectivity index (χ0v) is 15.0. The molecule has 0 bridgehead atoms. The Morgan fingerprint density at radius 1 is 1.17 bits per heavy atom. The van der Waals surface area contributed by atoms with E-state index in [9.17, 15) is 4.79 Å². The monoisotopic (exact) mass is 342 g/mol. The second-order valence-corrected chi connectivity index (χ2v) is 7.07. The largest absolute Gasteiger partial charge is 0.272 e. The van der Waals surface area contributed by atoms with E-state index >= 15 is 0 Å². The molecular formula is C18H22N4OS. The van der Waals surface area contributed by atoms with Gasteiger partial charge in [-0.3, -0.25) is 4.79 Å². The van der Waals surface area contributed by atoms with Gasteiger partial charge in [0.2, 0.25) is 0 Å². The molecule has 0 fully saturated rings. The molecule has 0 unspecified atom stereocenters. The lowest BCUT2D eigenvalue weighted by molar-refractivity contribution is -0.118. The Balaban J connectivity index is 1.83. The second-order valence-electron chi connectivity index (χ2n) is 6.13. The molecule has 1 N–H and O–H groups in total. The fourth-order valence-electron chi connectivity index (χ4n) is 2.35. The number of carbonyl (C=O) groups excluding carboxylic acids is 1. The number of hydrazone groups is 1. The number of aromatic nitrogens is 2. The number of carbonyl (C=O) groups is 1. The van der Waals surface area contributed by atoms with Crippen LogP contribution in [0.1, 0.15) is 32.8 Å². The number of thioether (sulfide) groups is 1. The maximum Gasteiger partial charge on any atom is 0.250 e. The summed E-state index contributed by atoms with van der Waals surface area (Å²) in [7, 11) is 0. The minimum Gasteiger partial charge on any atom is -0.272 e. The van der Waals surface area contributed by atoms with Crippen molar-refractivity contribution in [3.63, 3.8) is 0 Å². The topological polar surface area (TPSA) is 67.2 Å². The molecule has 0 aliphatic carbocycles. The van der Waals surface area contributed by atoms with E-state index in [2.05, 4.69) is 46.5 Å². The molecule has 1 heterocycles. The van der Waals surface area contributed by atoms with Gasteiger partial charge in [0, 0.05) is 18.1 Å². The van der Waals surface area contributed by atoms with Gasteiger partial charge in [0.05, 0.1) is 5.75 Å². The van der Waals surface area contributed by atoms with Gasteiger partial charge in [0.1, 0.15) is 0 Å². The van der Waals surface area contributed by atoms with Crippen LogP contribution in [-0.2, 0) is 10.2 Å². The number of hydrogen-bond donors (Lipinski definition) is 1. The molecule has 126 valence electrons. The Bertz CT molecular complexity index is 687. The molecule has 1 amide bonds. The van der Waals surface area contributed by atoms with Crippen molar-refractivity contribution in [2.75, 3.05) is 5.75 Å². The van der Waals surface area contributed by atoms with E-state index < -0.39 is 0 Å². The number of rotatable bonds is 7. The van der Waals surface area contributed by atoms with Crippen LogP contribution in [0.25, 0.3) is 0 Å². The quantitative estimate of drug-likeness (QED) is 0.362. The number of hydrogen-bond acceptors (Lipinski definition) is 5. The van der Waals surface area contributed by atoms with Crippen LogP contribution in [0.5, 0.6) is 0 Å². The fraction of sp³-hybridized carbons (Fsp3) is 0.333. The third-order valence-corrected chi connectivity index (χ3v) is 4.37. The summed E-state index contributed by atoms with van der Waals surface area (Å²) in [6.45, 7) is 6.27. The highest BCUT2D eigenvalue weighted by Gasteiger charge is 2.21. The molecule has 2 rings (SSSR count). The first-order valence-electron chi connectivity index (χ1n) is 7.75. The molecule has 0 aliphatic heterocycles. The van der Waals surface area contributed by atoms with Crippen molar-refractivity contribution < 1.29 is 4.79 Å². The summed E-state index contributed by atoms with van der Waals surface area (Å²) in [4.78, 5) is 20.0. The van der Waals surface area contributed by atoms with Crippen LogP contribution >= 0.6 is 11.8 Å². The lowest BCUT2D eigenvalue weighted by Gasteiger charge is -2.25. The van der Waals surface area contributed by atoms with E-state index in [0.29, 0.717) is 5.16 Å². The minimum atomic E-state index is -0.163. The summed E-state index contributed by atoms with van der Waals surface area (Å²) in [5.41, 5.74) is 4.70.